The van der Waals surface area contributed by atoms with Gasteiger partial charge in [0.15, 0.2) is 0 Å². The summed E-state index contributed by atoms with van der Waals surface area (Å²) in [7, 11) is 0. The molecule has 3 rings (SSSR count). The lowest BCUT2D eigenvalue weighted by atomic mass is 10.0. The molecule has 88 valence electrons. The summed E-state index contributed by atoms with van der Waals surface area (Å²) in [6.45, 7) is 4.22. The zero-order valence-electron chi connectivity index (χ0n) is 10.6. The largest absolute Gasteiger partial charge is 0.248 e. The molecule has 0 aliphatic heterocycles. The van der Waals surface area contributed by atoms with Gasteiger partial charge in [0.1, 0.15) is 0 Å². The Labute approximate surface area is 107 Å². The van der Waals surface area contributed by atoms with Crippen molar-refractivity contribution in [1.29, 1.82) is 0 Å². The van der Waals surface area contributed by atoms with Crippen LogP contribution in [0.1, 0.15) is 11.1 Å². The Balaban J connectivity index is 2.22. The number of benzene rings is 2. The second-order valence-electron chi connectivity index (χ2n) is 4.71. The van der Waals surface area contributed by atoms with Crippen LogP contribution in [0.2, 0.25) is 0 Å². The minimum atomic E-state index is 1.05. The number of fused-ring (bicyclic) bond motifs is 1. The molecule has 2 aromatic carbocycles. The van der Waals surface area contributed by atoms with Gasteiger partial charge in [-0.1, -0.05) is 48.0 Å². The maximum Gasteiger partial charge on any atom is 0.0738 e. The minimum Gasteiger partial charge on any atom is -0.248 e. The fourth-order valence-electron chi connectivity index (χ4n) is 2.23. The van der Waals surface area contributed by atoms with Gasteiger partial charge in [0.25, 0.3) is 0 Å². The molecule has 0 aliphatic carbocycles. The third-order valence-corrected chi connectivity index (χ3v) is 3.24. The van der Waals surface area contributed by atoms with Crippen molar-refractivity contribution in [3.63, 3.8) is 0 Å². The summed E-state index contributed by atoms with van der Waals surface area (Å²) in [4.78, 5) is 4.77. The van der Waals surface area contributed by atoms with Crippen molar-refractivity contribution in [2.45, 2.75) is 13.8 Å². The van der Waals surface area contributed by atoms with Crippen LogP contribution in [0.4, 0.5) is 0 Å². The molecule has 0 spiro atoms. The lowest BCUT2D eigenvalue weighted by molar-refractivity contribution is 1.32. The van der Waals surface area contributed by atoms with Crippen LogP contribution in [0, 0.1) is 13.8 Å². The van der Waals surface area contributed by atoms with Gasteiger partial charge in [-0.3, -0.25) is 0 Å². The Hall–Kier alpha value is -2.15. The zero-order valence-corrected chi connectivity index (χ0v) is 10.6. The molecule has 18 heavy (non-hydrogen) atoms. The van der Waals surface area contributed by atoms with E-state index >= 15 is 0 Å². The van der Waals surface area contributed by atoms with Crippen LogP contribution >= 0.6 is 0 Å². The first-order valence-electron chi connectivity index (χ1n) is 6.17. The summed E-state index contributed by atoms with van der Waals surface area (Å²) in [6.07, 6.45) is 0. The van der Waals surface area contributed by atoms with Crippen LogP contribution in [0.25, 0.3) is 22.2 Å². The van der Waals surface area contributed by atoms with Crippen LogP contribution in [0.15, 0.2) is 54.6 Å². The Bertz CT molecular complexity index is 696. The molecule has 0 saturated carbocycles. The van der Waals surface area contributed by atoms with Gasteiger partial charge in [-0.2, -0.15) is 0 Å². The highest BCUT2D eigenvalue weighted by Crippen LogP contribution is 2.25. The smallest absolute Gasteiger partial charge is 0.0738 e. The molecule has 0 bridgehead atoms. The van der Waals surface area contributed by atoms with Gasteiger partial charge >= 0.3 is 0 Å². The lowest BCUT2D eigenvalue weighted by Crippen LogP contribution is -1.90. The number of nitrogens with zero attached hydrogens (tertiary/aromatic N) is 1. The van der Waals surface area contributed by atoms with Crippen molar-refractivity contribution >= 4 is 10.9 Å². The molecular weight excluding hydrogens is 218 g/mol. The standard InChI is InChI=1S/C17H15N/c1-12-7-9-14(10-8-12)17-13(2)11-15-5-3-4-6-16(15)18-17/h3-11H,1-2H3. The van der Waals surface area contributed by atoms with Crippen molar-refractivity contribution in [3.8, 4) is 11.3 Å². The summed E-state index contributed by atoms with van der Waals surface area (Å²) < 4.78 is 0. The molecule has 1 heterocycles. The van der Waals surface area contributed by atoms with Gasteiger partial charge in [-0.15, -0.1) is 0 Å². The maximum absolute atomic E-state index is 4.77. The quantitative estimate of drug-likeness (QED) is 0.602. The van der Waals surface area contributed by atoms with Crippen LogP contribution in [0.5, 0.6) is 0 Å². The predicted molar refractivity (Wildman–Crippen MR) is 76.7 cm³/mol. The third-order valence-electron chi connectivity index (χ3n) is 3.24. The van der Waals surface area contributed by atoms with E-state index in [1.54, 1.807) is 0 Å². The van der Waals surface area contributed by atoms with Gasteiger partial charge in [0.05, 0.1) is 11.2 Å². The molecule has 1 nitrogen and oxygen atoms in total. The van der Waals surface area contributed by atoms with Crippen molar-refractivity contribution in [2.24, 2.45) is 0 Å². The zero-order chi connectivity index (χ0) is 12.5. The lowest BCUT2D eigenvalue weighted by Gasteiger charge is -2.07. The molecule has 0 fully saturated rings. The number of para-hydroxylation sites is 1. The number of hydrogen-bond donors (Lipinski definition) is 0. The molecule has 0 amide bonds. The Kier molecular flexibility index (Phi) is 2.60. The topological polar surface area (TPSA) is 12.9 Å². The molecule has 1 aromatic heterocycles. The SMILES string of the molecule is Cc1ccc(-c2nc3ccccc3cc2C)cc1. The molecule has 0 unspecified atom stereocenters. The van der Waals surface area contributed by atoms with Crippen LogP contribution in [-0.2, 0) is 0 Å². The Morgan fingerprint density at radius 1 is 0.833 bits per heavy atom. The molecule has 3 aromatic rings. The van der Waals surface area contributed by atoms with Gasteiger partial charge in [0.2, 0.25) is 0 Å². The van der Waals surface area contributed by atoms with E-state index in [0.717, 1.165) is 11.2 Å². The average molecular weight is 233 g/mol. The normalized spacial score (nSPS) is 10.8. The van der Waals surface area contributed by atoms with Crippen molar-refractivity contribution in [3.05, 3.63) is 65.7 Å². The number of hydrogen-bond acceptors (Lipinski definition) is 1. The van der Waals surface area contributed by atoms with Crippen molar-refractivity contribution in [1.82, 2.24) is 4.98 Å². The van der Waals surface area contributed by atoms with Gasteiger partial charge < -0.3 is 0 Å². The minimum absolute atomic E-state index is 1.05. The second-order valence-corrected chi connectivity index (χ2v) is 4.71. The first-order valence-corrected chi connectivity index (χ1v) is 6.17. The van der Waals surface area contributed by atoms with E-state index in [0.29, 0.717) is 0 Å². The van der Waals surface area contributed by atoms with E-state index in [1.807, 2.05) is 6.07 Å². The first kappa shape index (κ1) is 11.0. The highest BCUT2D eigenvalue weighted by molar-refractivity contribution is 5.83. The van der Waals surface area contributed by atoms with E-state index in [2.05, 4.69) is 62.4 Å². The number of aromatic nitrogens is 1. The monoisotopic (exact) mass is 233 g/mol. The summed E-state index contributed by atoms with van der Waals surface area (Å²) >= 11 is 0. The van der Waals surface area contributed by atoms with Gasteiger partial charge in [0, 0.05) is 10.9 Å². The molecule has 0 N–H and O–H groups in total. The molecule has 1 heteroatoms. The summed E-state index contributed by atoms with van der Waals surface area (Å²) in [5.41, 5.74) is 5.81. The third kappa shape index (κ3) is 1.88. The highest BCUT2D eigenvalue weighted by Gasteiger charge is 2.05. The number of aryl methyl sites for hydroxylation is 2. The summed E-state index contributed by atoms with van der Waals surface area (Å²) in [5.74, 6) is 0. The predicted octanol–water partition coefficient (Wildman–Crippen LogP) is 4.52. The average Bonchev–Trinajstić information content (AvgIpc) is 2.39. The molecular formula is C17H15N. The van der Waals surface area contributed by atoms with E-state index in [4.69, 9.17) is 4.98 Å². The first-order chi connectivity index (χ1) is 8.74. The summed E-state index contributed by atoms with van der Waals surface area (Å²) in [5, 5.41) is 1.20. The van der Waals surface area contributed by atoms with Crippen molar-refractivity contribution < 1.29 is 0 Å². The molecule has 0 aliphatic rings. The second kappa shape index (κ2) is 4.26. The Morgan fingerprint density at radius 3 is 2.33 bits per heavy atom. The number of pyridine rings is 1. The summed E-state index contributed by atoms with van der Waals surface area (Å²) in [6, 6.07) is 19.0. The van der Waals surface area contributed by atoms with E-state index in [-0.39, 0.29) is 0 Å². The Morgan fingerprint density at radius 2 is 1.56 bits per heavy atom. The fraction of sp³-hybridized carbons (Fsp3) is 0.118. The van der Waals surface area contributed by atoms with E-state index in [1.165, 1.54) is 22.1 Å². The number of rotatable bonds is 1. The van der Waals surface area contributed by atoms with Gasteiger partial charge in [-0.05, 0) is 31.5 Å². The van der Waals surface area contributed by atoms with Gasteiger partial charge in [-0.25, -0.2) is 4.98 Å². The van der Waals surface area contributed by atoms with E-state index < -0.39 is 0 Å². The highest BCUT2D eigenvalue weighted by atomic mass is 14.7. The molecule has 0 radical (unpaired) electrons. The van der Waals surface area contributed by atoms with Crippen LogP contribution in [-0.4, -0.2) is 4.98 Å². The molecule has 0 atom stereocenters. The van der Waals surface area contributed by atoms with Crippen LogP contribution in [0.3, 0.4) is 0 Å². The maximum atomic E-state index is 4.77. The molecule has 0 saturated heterocycles. The van der Waals surface area contributed by atoms with E-state index in [9.17, 15) is 0 Å². The fourth-order valence-corrected chi connectivity index (χ4v) is 2.23. The van der Waals surface area contributed by atoms with Crippen molar-refractivity contribution in [2.75, 3.05) is 0 Å². The van der Waals surface area contributed by atoms with Crippen LogP contribution < -0.4 is 0 Å².